The van der Waals surface area contributed by atoms with Crippen LogP contribution < -0.4 is 5.73 Å². The van der Waals surface area contributed by atoms with Crippen LogP contribution in [-0.2, 0) is 6.42 Å². The Kier molecular flexibility index (Phi) is 2.23. The molecule has 1 aromatic rings. The van der Waals surface area contributed by atoms with Crippen LogP contribution in [0.25, 0.3) is 0 Å². The first-order valence-corrected chi connectivity index (χ1v) is 4.75. The van der Waals surface area contributed by atoms with E-state index < -0.39 is 11.7 Å². The smallest absolute Gasteiger partial charge is 0.249 e. The average Bonchev–Trinajstić information content (AvgIpc) is 2.91. The molecule has 0 aliphatic heterocycles. The third kappa shape index (κ3) is 1.92. The lowest BCUT2D eigenvalue weighted by Gasteiger charge is -2.05. The summed E-state index contributed by atoms with van der Waals surface area (Å²) in [6, 6.07) is 4.26. The van der Waals surface area contributed by atoms with E-state index in [1.807, 2.05) is 0 Å². The minimum Gasteiger partial charge on any atom is -0.366 e. The first kappa shape index (κ1) is 9.19. The van der Waals surface area contributed by atoms with Crippen LogP contribution in [0.5, 0.6) is 0 Å². The summed E-state index contributed by atoms with van der Waals surface area (Å²) in [6.07, 6.45) is 3.25. The SMILES string of the molecule is NC(=O)c1cc(F)ccc1CC1CC1. The Labute approximate surface area is 81.9 Å². The lowest BCUT2D eigenvalue weighted by molar-refractivity contribution is 0.0999. The van der Waals surface area contributed by atoms with Gasteiger partial charge in [-0.2, -0.15) is 0 Å². The summed E-state index contributed by atoms with van der Waals surface area (Å²) >= 11 is 0. The molecule has 14 heavy (non-hydrogen) atoms. The number of benzene rings is 1. The van der Waals surface area contributed by atoms with Crippen LogP contribution >= 0.6 is 0 Å². The number of hydrogen-bond acceptors (Lipinski definition) is 1. The molecule has 74 valence electrons. The van der Waals surface area contributed by atoms with Crippen molar-refractivity contribution in [1.82, 2.24) is 0 Å². The van der Waals surface area contributed by atoms with Gasteiger partial charge in [0, 0.05) is 5.56 Å². The van der Waals surface area contributed by atoms with Gasteiger partial charge in [-0.05, 0) is 42.9 Å². The first-order valence-electron chi connectivity index (χ1n) is 4.75. The normalized spacial score (nSPS) is 15.5. The Morgan fingerprint density at radius 2 is 2.21 bits per heavy atom. The summed E-state index contributed by atoms with van der Waals surface area (Å²) in [5, 5.41) is 0. The zero-order valence-electron chi connectivity index (χ0n) is 7.79. The summed E-state index contributed by atoms with van der Waals surface area (Å²) < 4.78 is 12.9. The summed E-state index contributed by atoms with van der Waals surface area (Å²) in [4.78, 5) is 11.0. The molecule has 2 nitrogen and oxygen atoms in total. The molecule has 1 aromatic carbocycles. The minimum absolute atomic E-state index is 0.330. The van der Waals surface area contributed by atoms with Gasteiger partial charge in [0.2, 0.25) is 5.91 Å². The fraction of sp³-hybridized carbons (Fsp3) is 0.364. The molecule has 1 aliphatic rings. The quantitative estimate of drug-likeness (QED) is 0.782. The number of halogens is 1. The van der Waals surface area contributed by atoms with Gasteiger partial charge in [-0.3, -0.25) is 4.79 Å². The zero-order chi connectivity index (χ0) is 10.1. The number of primary amides is 1. The van der Waals surface area contributed by atoms with E-state index in [9.17, 15) is 9.18 Å². The number of rotatable bonds is 3. The van der Waals surface area contributed by atoms with Crippen molar-refractivity contribution in [3.05, 3.63) is 35.1 Å². The molecule has 0 bridgehead atoms. The molecule has 0 heterocycles. The number of hydrogen-bond donors (Lipinski definition) is 1. The van der Waals surface area contributed by atoms with E-state index in [1.165, 1.54) is 25.0 Å². The highest BCUT2D eigenvalue weighted by Gasteiger charge is 2.23. The number of nitrogens with two attached hydrogens (primary N) is 1. The standard InChI is InChI=1S/C11H12FNO/c12-9-4-3-8(5-7-1-2-7)10(6-9)11(13)14/h3-4,6-7H,1-2,5H2,(H2,13,14). The van der Waals surface area contributed by atoms with Gasteiger partial charge in [0.15, 0.2) is 0 Å². The predicted molar refractivity (Wildman–Crippen MR) is 51.3 cm³/mol. The van der Waals surface area contributed by atoms with Crippen LogP contribution in [0, 0.1) is 11.7 Å². The molecule has 3 heteroatoms. The summed E-state index contributed by atoms with van der Waals surface area (Å²) in [7, 11) is 0. The molecule has 0 aromatic heterocycles. The van der Waals surface area contributed by atoms with Crippen molar-refractivity contribution in [3.8, 4) is 0 Å². The maximum atomic E-state index is 12.9. The van der Waals surface area contributed by atoms with Crippen molar-refractivity contribution >= 4 is 5.91 Å². The minimum atomic E-state index is -0.542. The zero-order valence-corrected chi connectivity index (χ0v) is 7.79. The van der Waals surface area contributed by atoms with Crippen LogP contribution in [0.4, 0.5) is 4.39 Å². The van der Waals surface area contributed by atoms with E-state index in [1.54, 1.807) is 6.07 Å². The van der Waals surface area contributed by atoms with Gasteiger partial charge in [-0.25, -0.2) is 4.39 Å². The summed E-state index contributed by atoms with van der Waals surface area (Å²) in [6.45, 7) is 0. The van der Waals surface area contributed by atoms with Crippen LogP contribution in [0.1, 0.15) is 28.8 Å². The molecule has 1 saturated carbocycles. The Morgan fingerprint density at radius 1 is 1.50 bits per heavy atom. The molecule has 2 rings (SSSR count). The highest BCUT2D eigenvalue weighted by molar-refractivity contribution is 5.94. The first-order chi connectivity index (χ1) is 6.66. The van der Waals surface area contributed by atoms with Crippen molar-refractivity contribution in [3.63, 3.8) is 0 Å². The van der Waals surface area contributed by atoms with Crippen molar-refractivity contribution in [2.24, 2.45) is 11.7 Å². The molecule has 0 spiro atoms. The fourth-order valence-electron chi connectivity index (χ4n) is 1.59. The second kappa shape index (κ2) is 3.40. The van der Waals surface area contributed by atoms with Crippen molar-refractivity contribution in [2.75, 3.05) is 0 Å². The number of carbonyl (C=O) groups is 1. The Morgan fingerprint density at radius 3 is 2.79 bits per heavy atom. The Bertz CT molecular complexity index is 372. The number of amides is 1. The molecular formula is C11H12FNO. The van der Waals surface area contributed by atoms with Crippen molar-refractivity contribution < 1.29 is 9.18 Å². The molecule has 1 amide bonds. The summed E-state index contributed by atoms with van der Waals surface area (Å²) in [5.41, 5.74) is 6.38. The van der Waals surface area contributed by atoms with E-state index >= 15 is 0 Å². The molecule has 1 aliphatic carbocycles. The van der Waals surface area contributed by atoms with Gasteiger partial charge in [0.1, 0.15) is 5.82 Å². The van der Waals surface area contributed by atoms with Gasteiger partial charge < -0.3 is 5.73 Å². The number of carbonyl (C=O) groups excluding carboxylic acids is 1. The second-order valence-electron chi connectivity index (χ2n) is 3.81. The largest absolute Gasteiger partial charge is 0.366 e. The van der Waals surface area contributed by atoms with Crippen LogP contribution in [0.3, 0.4) is 0 Å². The fourth-order valence-corrected chi connectivity index (χ4v) is 1.59. The van der Waals surface area contributed by atoms with Gasteiger partial charge in [0.05, 0.1) is 0 Å². The van der Waals surface area contributed by atoms with Crippen LogP contribution in [0.15, 0.2) is 18.2 Å². The Hall–Kier alpha value is -1.38. The van der Waals surface area contributed by atoms with E-state index in [-0.39, 0.29) is 0 Å². The van der Waals surface area contributed by atoms with Gasteiger partial charge in [-0.15, -0.1) is 0 Å². The predicted octanol–water partition coefficient (Wildman–Crippen LogP) is 1.88. The summed E-state index contributed by atoms with van der Waals surface area (Å²) in [5.74, 6) is -0.281. The second-order valence-corrected chi connectivity index (χ2v) is 3.81. The molecule has 1 fully saturated rings. The molecule has 0 atom stereocenters. The van der Waals surface area contributed by atoms with Crippen LogP contribution in [0.2, 0.25) is 0 Å². The van der Waals surface area contributed by atoms with Gasteiger partial charge in [0.25, 0.3) is 0 Å². The maximum absolute atomic E-state index is 12.9. The van der Waals surface area contributed by atoms with Crippen molar-refractivity contribution in [2.45, 2.75) is 19.3 Å². The Balaban J connectivity index is 2.31. The third-order valence-electron chi connectivity index (χ3n) is 2.54. The molecule has 0 saturated heterocycles. The van der Waals surface area contributed by atoms with Gasteiger partial charge >= 0.3 is 0 Å². The van der Waals surface area contributed by atoms with E-state index in [2.05, 4.69) is 0 Å². The highest BCUT2D eigenvalue weighted by Crippen LogP contribution is 2.33. The lowest BCUT2D eigenvalue weighted by atomic mass is 10.0. The topological polar surface area (TPSA) is 43.1 Å². The van der Waals surface area contributed by atoms with E-state index in [0.717, 1.165) is 12.0 Å². The molecular weight excluding hydrogens is 181 g/mol. The highest BCUT2D eigenvalue weighted by atomic mass is 19.1. The maximum Gasteiger partial charge on any atom is 0.249 e. The van der Waals surface area contributed by atoms with Crippen LogP contribution in [-0.4, -0.2) is 5.91 Å². The monoisotopic (exact) mass is 193 g/mol. The lowest BCUT2D eigenvalue weighted by Crippen LogP contribution is -2.14. The average molecular weight is 193 g/mol. The molecule has 0 unspecified atom stereocenters. The molecule has 2 N–H and O–H groups in total. The third-order valence-corrected chi connectivity index (χ3v) is 2.54. The van der Waals surface area contributed by atoms with E-state index in [0.29, 0.717) is 11.5 Å². The molecule has 0 radical (unpaired) electrons. The van der Waals surface area contributed by atoms with E-state index in [4.69, 9.17) is 5.73 Å². The van der Waals surface area contributed by atoms with Gasteiger partial charge in [-0.1, -0.05) is 6.07 Å². The van der Waals surface area contributed by atoms with Crippen molar-refractivity contribution in [1.29, 1.82) is 0 Å².